The lowest BCUT2D eigenvalue weighted by molar-refractivity contribution is -0.125. The van der Waals surface area contributed by atoms with Gasteiger partial charge in [0.05, 0.1) is 6.61 Å². The van der Waals surface area contributed by atoms with Gasteiger partial charge in [-0.1, -0.05) is 30.3 Å². The van der Waals surface area contributed by atoms with Crippen molar-refractivity contribution in [3.63, 3.8) is 0 Å². The fraction of sp³-hybridized carbons (Fsp3) is 0.500. The van der Waals surface area contributed by atoms with Crippen LogP contribution in [0.5, 0.6) is 0 Å². The van der Waals surface area contributed by atoms with Crippen LogP contribution in [0.4, 0.5) is 0 Å². The monoisotopic (exact) mass is 286 g/mol. The Morgan fingerprint density at radius 3 is 2.68 bits per heavy atom. The molecule has 1 amide bonds. The predicted octanol–water partition coefficient (Wildman–Crippen LogP) is 1.52. The highest BCUT2D eigenvalue weighted by molar-refractivity contribution is 5.85. The zero-order chi connectivity index (χ0) is 13.2. The van der Waals surface area contributed by atoms with E-state index in [0.29, 0.717) is 13.2 Å². The molecule has 0 fully saturated rings. The van der Waals surface area contributed by atoms with Crippen molar-refractivity contribution >= 4 is 18.3 Å². The summed E-state index contributed by atoms with van der Waals surface area (Å²) < 4.78 is 5.31. The van der Waals surface area contributed by atoms with Crippen LogP contribution in [0.3, 0.4) is 0 Å². The third kappa shape index (κ3) is 9.47. The lowest BCUT2D eigenvalue weighted by Crippen LogP contribution is -2.31. The van der Waals surface area contributed by atoms with E-state index in [0.717, 1.165) is 12.8 Å². The van der Waals surface area contributed by atoms with Crippen LogP contribution < -0.4 is 11.1 Å². The summed E-state index contributed by atoms with van der Waals surface area (Å²) in [7, 11) is 0. The topological polar surface area (TPSA) is 64.3 Å². The first-order valence-corrected chi connectivity index (χ1v) is 6.32. The molecule has 1 rings (SSSR count). The van der Waals surface area contributed by atoms with E-state index >= 15 is 0 Å². The largest absolute Gasteiger partial charge is 0.371 e. The second-order valence-corrected chi connectivity index (χ2v) is 4.40. The van der Waals surface area contributed by atoms with Crippen molar-refractivity contribution in [1.29, 1.82) is 0 Å². The number of benzene rings is 1. The predicted molar refractivity (Wildman–Crippen MR) is 79.5 cm³/mol. The quantitative estimate of drug-likeness (QED) is 0.712. The highest BCUT2D eigenvalue weighted by Crippen LogP contribution is 1.99. The number of halogens is 1. The minimum atomic E-state index is -0.0799. The molecule has 0 bridgehead atoms. The molecule has 0 aliphatic heterocycles. The molecule has 0 saturated heterocycles. The first-order chi connectivity index (χ1) is 8.68. The Morgan fingerprint density at radius 2 is 2.05 bits per heavy atom. The van der Waals surface area contributed by atoms with Crippen molar-refractivity contribution in [2.75, 3.05) is 19.8 Å². The smallest absolute Gasteiger partial charge is 0.245 e. The summed E-state index contributed by atoms with van der Waals surface area (Å²) in [4.78, 5) is 11.4. The van der Waals surface area contributed by atoms with Crippen molar-refractivity contribution in [3.8, 4) is 0 Å². The number of carbonyl (C=O) groups excluding carboxylic acids is 1. The molecule has 1 aromatic carbocycles. The summed E-state index contributed by atoms with van der Waals surface area (Å²) in [5.74, 6) is -0.0799. The van der Waals surface area contributed by atoms with Gasteiger partial charge in [-0.3, -0.25) is 4.79 Å². The summed E-state index contributed by atoms with van der Waals surface area (Å²) >= 11 is 0. The van der Waals surface area contributed by atoms with Gasteiger partial charge in [0.1, 0.15) is 6.61 Å². The van der Waals surface area contributed by atoms with E-state index in [1.165, 1.54) is 5.56 Å². The van der Waals surface area contributed by atoms with Crippen molar-refractivity contribution in [2.45, 2.75) is 25.8 Å². The van der Waals surface area contributed by atoms with Crippen LogP contribution >= 0.6 is 12.4 Å². The molecule has 0 aliphatic carbocycles. The molecule has 1 unspecified atom stereocenters. The zero-order valence-electron chi connectivity index (χ0n) is 11.3. The highest BCUT2D eigenvalue weighted by atomic mass is 35.5. The normalized spacial score (nSPS) is 11.5. The van der Waals surface area contributed by atoms with Crippen LogP contribution in [0.1, 0.15) is 18.9 Å². The molecule has 1 atom stereocenters. The van der Waals surface area contributed by atoms with E-state index < -0.39 is 0 Å². The van der Waals surface area contributed by atoms with E-state index in [2.05, 4.69) is 5.32 Å². The Kier molecular flexibility index (Phi) is 10.2. The first kappa shape index (κ1) is 17.9. The Labute approximate surface area is 121 Å². The molecule has 0 heterocycles. The summed E-state index contributed by atoms with van der Waals surface area (Å²) in [6.07, 6.45) is 1.61. The van der Waals surface area contributed by atoms with Crippen LogP contribution in [0.25, 0.3) is 0 Å². The number of rotatable bonds is 8. The van der Waals surface area contributed by atoms with Gasteiger partial charge in [-0.25, -0.2) is 0 Å². The minimum absolute atomic E-state index is 0. The van der Waals surface area contributed by atoms with Gasteiger partial charge in [-0.15, -0.1) is 12.4 Å². The number of amides is 1. The first-order valence-electron chi connectivity index (χ1n) is 6.32. The van der Waals surface area contributed by atoms with Crippen molar-refractivity contribution in [3.05, 3.63) is 35.9 Å². The molecule has 4 nitrogen and oxygen atoms in total. The van der Waals surface area contributed by atoms with Crippen molar-refractivity contribution in [2.24, 2.45) is 5.73 Å². The second kappa shape index (κ2) is 10.8. The third-order valence-electron chi connectivity index (χ3n) is 2.53. The summed E-state index contributed by atoms with van der Waals surface area (Å²) in [5, 5.41) is 2.77. The molecule has 19 heavy (non-hydrogen) atoms. The second-order valence-electron chi connectivity index (χ2n) is 4.40. The number of hydrogen-bond donors (Lipinski definition) is 2. The summed E-state index contributed by atoms with van der Waals surface area (Å²) in [6.45, 7) is 3.21. The fourth-order valence-corrected chi connectivity index (χ4v) is 1.49. The van der Waals surface area contributed by atoms with E-state index in [9.17, 15) is 4.79 Å². The number of carbonyl (C=O) groups is 1. The summed E-state index contributed by atoms with van der Waals surface area (Å²) in [5.41, 5.74) is 6.80. The van der Waals surface area contributed by atoms with Crippen LogP contribution in [-0.2, 0) is 16.0 Å². The SMILES string of the molecule is CC(N)CCNC(=O)COCCc1ccccc1.Cl. The average molecular weight is 287 g/mol. The maximum Gasteiger partial charge on any atom is 0.245 e. The minimum Gasteiger partial charge on any atom is -0.371 e. The lowest BCUT2D eigenvalue weighted by Gasteiger charge is -2.08. The van der Waals surface area contributed by atoms with E-state index in [4.69, 9.17) is 10.5 Å². The standard InChI is InChI=1S/C14H22N2O2.ClH/c1-12(15)7-9-16-14(17)11-18-10-8-13-5-3-2-4-6-13;/h2-6,12H,7-11,15H2,1H3,(H,16,17);1H. The molecule has 0 aliphatic rings. The third-order valence-corrected chi connectivity index (χ3v) is 2.53. The maximum atomic E-state index is 11.4. The molecule has 0 aromatic heterocycles. The van der Waals surface area contributed by atoms with Gasteiger partial charge in [0.2, 0.25) is 5.91 Å². The zero-order valence-corrected chi connectivity index (χ0v) is 12.1. The van der Waals surface area contributed by atoms with Gasteiger partial charge in [0, 0.05) is 12.6 Å². The average Bonchev–Trinajstić information content (AvgIpc) is 2.35. The van der Waals surface area contributed by atoms with Gasteiger partial charge in [-0.05, 0) is 25.3 Å². The highest BCUT2D eigenvalue weighted by Gasteiger charge is 2.01. The Hall–Kier alpha value is -1.10. The van der Waals surface area contributed by atoms with Gasteiger partial charge < -0.3 is 15.8 Å². The van der Waals surface area contributed by atoms with Gasteiger partial charge in [0.15, 0.2) is 0 Å². The van der Waals surface area contributed by atoms with Crippen LogP contribution in [-0.4, -0.2) is 31.7 Å². The van der Waals surface area contributed by atoms with Gasteiger partial charge in [0.25, 0.3) is 0 Å². The molecule has 0 radical (unpaired) electrons. The number of nitrogens with two attached hydrogens (primary N) is 1. The van der Waals surface area contributed by atoms with E-state index in [1.54, 1.807) is 0 Å². The fourth-order valence-electron chi connectivity index (χ4n) is 1.49. The van der Waals surface area contributed by atoms with E-state index in [1.807, 2.05) is 37.3 Å². The molecule has 108 valence electrons. The number of hydrogen-bond acceptors (Lipinski definition) is 3. The Bertz CT molecular complexity index is 345. The van der Waals surface area contributed by atoms with Crippen LogP contribution in [0.15, 0.2) is 30.3 Å². The molecule has 0 spiro atoms. The van der Waals surface area contributed by atoms with Crippen molar-refractivity contribution < 1.29 is 9.53 Å². The van der Waals surface area contributed by atoms with Gasteiger partial charge in [-0.2, -0.15) is 0 Å². The summed E-state index contributed by atoms with van der Waals surface area (Å²) in [6, 6.07) is 10.2. The Balaban J connectivity index is 0.00000324. The van der Waals surface area contributed by atoms with Crippen molar-refractivity contribution in [1.82, 2.24) is 5.32 Å². The number of ether oxygens (including phenoxy) is 1. The molecular weight excluding hydrogens is 264 g/mol. The van der Waals surface area contributed by atoms with E-state index in [-0.39, 0.29) is 31.0 Å². The van der Waals surface area contributed by atoms with Crippen LogP contribution in [0, 0.1) is 0 Å². The van der Waals surface area contributed by atoms with Crippen LogP contribution in [0.2, 0.25) is 0 Å². The molecule has 0 saturated carbocycles. The molecule has 3 N–H and O–H groups in total. The lowest BCUT2D eigenvalue weighted by atomic mass is 10.2. The van der Waals surface area contributed by atoms with Gasteiger partial charge >= 0.3 is 0 Å². The molecule has 5 heteroatoms. The molecule has 1 aromatic rings. The Morgan fingerprint density at radius 1 is 1.37 bits per heavy atom. The maximum absolute atomic E-state index is 11.4. The number of nitrogens with one attached hydrogen (secondary N) is 1. The molecular formula is C14H23ClN2O2.